The van der Waals surface area contributed by atoms with Crippen molar-refractivity contribution in [3.63, 3.8) is 0 Å². The zero-order chi connectivity index (χ0) is 17.8. The van der Waals surface area contributed by atoms with E-state index in [4.69, 9.17) is 0 Å². The van der Waals surface area contributed by atoms with Crippen LogP contribution in [-0.4, -0.2) is 16.8 Å². The van der Waals surface area contributed by atoms with Gasteiger partial charge in [-0.05, 0) is 49.2 Å². The van der Waals surface area contributed by atoms with Crippen LogP contribution in [0, 0.1) is 6.92 Å². The molecule has 128 valence electrons. The van der Waals surface area contributed by atoms with Gasteiger partial charge < -0.3 is 5.32 Å². The van der Waals surface area contributed by atoms with E-state index in [1.165, 1.54) is 11.3 Å². The summed E-state index contributed by atoms with van der Waals surface area (Å²) in [4.78, 5) is 28.6. The standard InChI is InChI=1S/C19H19N3O2S/c1-3-5-17(23)20-14-7-4-6-13(11-14)18(24)22-19-21-15-9-8-12(2)10-16(15)25-19/h4,6-11H,3,5H2,1-2H3,(H,20,23)(H,21,22,24). The molecule has 1 aromatic heterocycles. The number of anilines is 2. The molecule has 0 aliphatic heterocycles. The van der Waals surface area contributed by atoms with Crippen molar-refractivity contribution in [2.24, 2.45) is 0 Å². The Morgan fingerprint density at radius 2 is 1.96 bits per heavy atom. The maximum atomic E-state index is 12.5. The number of aromatic nitrogens is 1. The molecule has 0 bridgehead atoms. The number of amides is 2. The molecule has 6 heteroatoms. The van der Waals surface area contributed by atoms with E-state index in [1.54, 1.807) is 24.3 Å². The quantitative estimate of drug-likeness (QED) is 0.704. The zero-order valence-electron chi connectivity index (χ0n) is 14.1. The third-order valence-corrected chi connectivity index (χ3v) is 4.58. The summed E-state index contributed by atoms with van der Waals surface area (Å²) in [5, 5.41) is 6.19. The van der Waals surface area contributed by atoms with Crippen molar-refractivity contribution in [3.8, 4) is 0 Å². The summed E-state index contributed by atoms with van der Waals surface area (Å²) < 4.78 is 1.04. The number of rotatable bonds is 5. The number of nitrogens with zero attached hydrogens (tertiary/aromatic N) is 1. The normalized spacial score (nSPS) is 10.6. The zero-order valence-corrected chi connectivity index (χ0v) is 14.9. The lowest BCUT2D eigenvalue weighted by Gasteiger charge is -2.06. The Hall–Kier alpha value is -2.73. The van der Waals surface area contributed by atoms with Crippen molar-refractivity contribution >= 4 is 44.2 Å². The van der Waals surface area contributed by atoms with Gasteiger partial charge in [-0.3, -0.25) is 14.9 Å². The Morgan fingerprint density at radius 3 is 2.76 bits per heavy atom. The molecule has 5 nitrogen and oxygen atoms in total. The molecule has 0 unspecified atom stereocenters. The number of aryl methyl sites for hydroxylation is 1. The van der Waals surface area contributed by atoms with Gasteiger partial charge >= 0.3 is 0 Å². The van der Waals surface area contributed by atoms with Gasteiger partial charge in [0.1, 0.15) is 0 Å². The first kappa shape index (κ1) is 17.1. The fraction of sp³-hybridized carbons (Fsp3) is 0.211. The molecule has 0 saturated heterocycles. The van der Waals surface area contributed by atoms with Crippen molar-refractivity contribution in [2.45, 2.75) is 26.7 Å². The number of thiazole rings is 1. The van der Waals surface area contributed by atoms with Gasteiger partial charge in [-0.15, -0.1) is 0 Å². The highest BCUT2D eigenvalue weighted by molar-refractivity contribution is 7.22. The highest BCUT2D eigenvalue weighted by atomic mass is 32.1. The van der Waals surface area contributed by atoms with E-state index < -0.39 is 0 Å². The summed E-state index contributed by atoms with van der Waals surface area (Å²) in [6.07, 6.45) is 1.24. The summed E-state index contributed by atoms with van der Waals surface area (Å²) >= 11 is 1.44. The van der Waals surface area contributed by atoms with Crippen molar-refractivity contribution in [1.82, 2.24) is 4.98 Å². The van der Waals surface area contributed by atoms with E-state index in [1.807, 2.05) is 32.0 Å². The van der Waals surface area contributed by atoms with Gasteiger partial charge in [0.2, 0.25) is 5.91 Å². The number of hydrogen-bond acceptors (Lipinski definition) is 4. The number of fused-ring (bicyclic) bond motifs is 1. The molecule has 0 radical (unpaired) electrons. The van der Waals surface area contributed by atoms with E-state index in [2.05, 4.69) is 15.6 Å². The number of nitrogens with one attached hydrogen (secondary N) is 2. The molecule has 0 atom stereocenters. The summed E-state index contributed by atoms with van der Waals surface area (Å²) in [6, 6.07) is 12.9. The molecule has 1 heterocycles. The van der Waals surface area contributed by atoms with Crippen molar-refractivity contribution < 1.29 is 9.59 Å². The largest absolute Gasteiger partial charge is 0.326 e. The highest BCUT2D eigenvalue weighted by Gasteiger charge is 2.11. The van der Waals surface area contributed by atoms with Crippen LogP contribution in [0.3, 0.4) is 0 Å². The maximum Gasteiger partial charge on any atom is 0.257 e. The van der Waals surface area contributed by atoms with E-state index in [-0.39, 0.29) is 11.8 Å². The van der Waals surface area contributed by atoms with Crippen LogP contribution in [-0.2, 0) is 4.79 Å². The number of carbonyl (C=O) groups is 2. The van der Waals surface area contributed by atoms with Crippen molar-refractivity contribution in [1.29, 1.82) is 0 Å². The molecule has 0 aliphatic rings. The lowest BCUT2D eigenvalue weighted by atomic mass is 10.2. The predicted octanol–water partition coefficient (Wildman–Crippen LogP) is 4.60. The topological polar surface area (TPSA) is 71.1 Å². The first-order valence-corrected chi connectivity index (χ1v) is 8.95. The molecule has 3 rings (SSSR count). The Kier molecular flexibility index (Phi) is 5.09. The van der Waals surface area contributed by atoms with Gasteiger partial charge in [0, 0.05) is 17.7 Å². The van der Waals surface area contributed by atoms with Crippen LogP contribution in [0.5, 0.6) is 0 Å². The average molecular weight is 353 g/mol. The molecule has 2 amide bonds. The second kappa shape index (κ2) is 7.44. The fourth-order valence-electron chi connectivity index (χ4n) is 2.44. The number of benzene rings is 2. The Labute approximate surface area is 150 Å². The predicted molar refractivity (Wildman–Crippen MR) is 102 cm³/mol. The fourth-order valence-corrected chi connectivity index (χ4v) is 3.40. The smallest absolute Gasteiger partial charge is 0.257 e. The summed E-state index contributed by atoms with van der Waals surface area (Å²) in [7, 11) is 0. The second-order valence-corrected chi connectivity index (χ2v) is 6.85. The summed E-state index contributed by atoms with van der Waals surface area (Å²) in [5.41, 5.74) is 3.12. The minimum absolute atomic E-state index is 0.0541. The van der Waals surface area contributed by atoms with E-state index in [9.17, 15) is 9.59 Å². The van der Waals surface area contributed by atoms with Gasteiger partial charge in [-0.25, -0.2) is 4.98 Å². The van der Waals surface area contributed by atoms with Crippen LogP contribution in [0.25, 0.3) is 10.2 Å². The SMILES string of the molecule is CCCC(=O)Nc1cccc(C(=O)Nc2nc3ccc(C)cc3s2)c1. The van der Waals surface area contributed by atoms with Gasteiger partial charge in [0.25, 0.3) is 5.91 Å². The lowest BCUT2D eigenvalue weighted by Crippen LogP contribution is -2.14. The molecule has 0 aliphatic carbocycles. The molecule has 0 saturated carbocycles. The van der Waals surface area contributed by atoms with Crippen LogP contribution in [0.1, 0.15) is 35.7 Å². The number of hydrogen-bond donors (Lipinski definition) is 2. The van der Waals surface area contributed by atoms with Gasteiger partial charge in [-0.2, -0.15) is 0 Å². The van der Waals surface area contributed by atoms with Crippen molar-refractivity contribution in [2.75, 3.05) is 10.6 Å². The molecule has 0 fully saturated rings. The first-order valence-electron chi connectivity index (χ1n) is 8.13. The Balaban J connectivity index is 1.74. The average Bonchev–Trinajstić information content (AvgIpc) is 2.96. The molecule has 2 aromatic carbocycles. The van der Waals surface area contributed by atoms with Crippen molar-refractivity contribution in [3.05, 3.63) is 53.6 Å². The van der Waals surface area contributed by atoms with Crippen LogP contribution >= 0.6 is 11.3 Å². The molecule has 2 N–H and O–H groups in total. The Bertz CT molecular complexity index is 933. The van der Waals surface area contributed by atoms with Gasteiger partial charge in [-0.1, -0.05) is 30.4 Å². The highest BCUT2D eigenvalue weighted by Crippen LogP contribution is 2.27. The Morgan fingerprint density at radius 1 is 1.12 bits per heavy atom. The second-order valence-electron chi connectivity index (χ2n) is 5.82. The van der Waals surface area contributed by atoms with Gasteiger partial charge in [0.15, 0.2) is 5.13 Å². The lowest BCUT2D eigenvalue weighted by molar-refractivity contribution is -0.116. The van der Waals surface area contributed by atoms with E-state index >= 15 is 0 Å². The molecule has 3 aromatic rings. The minimum atomic E-state index is -0.248. The summed E-state index contributed by atoms with van der Waals surface area (Å²) in [6.45, 7) is 3.97. The van der Waals surface area contributed by atoms with Crippen LogP contribution in [0.4, 0.5) is 10.8 Å². The maximum absolute atomic E-state index is 12.5. The molecular weight excluding hydrogens is 334 g/mol. The monoisotopic (exact) mass is 353 g/mol. The number of carbonyl (C=O) groups excluding carboxylic acids is 2. The third kappa shape index (κ3) is 4.22. The van der Waals surface area contributed by atoms with Crippen LogP contribution in [0.2, 0.25) is 0 Å². The van der Waals surface area contributed by atoms with E-state index in [0.29, 0.717) is 22.8 Å². The molecule has 0 spiro atoms. The summed E-state index contributed by atoms with van der Waals surface area (Å²) in [5.74, 6) is -0.302. The molecule has 25 heavy (non-hydrogen) atoms. The third-order valence-electron chi connectivity index (χ3n) is 3.65. The first-order chi connectivity index (χ1) is 12.0. The van der Waals surface area contributed by atoms with Crippen LogP contribution in [0.15, 0.2) is 42.5 Å². The van der Waals surface area contributed by atoms with E-state index in [0.717, 1.165) is 22.2 Å². The van der Waals surface area contributed by atoms with Gasteiger partial charge in [0.05, 0.1) is 10.2 Å². The minimum Gasteiger partial charge on any atom is -0.326 e. The van der Waals surface area contributed by atoms with Crippen LogP contribution < -0.4 is 10.6 Å². The molecular formula is C19H19N3O2S.